The van der Waals surface area contributed by atoms with Crippen molar-refractivity contribution in [2.45, 2.75) is 38.0 Å². The Hall–Kier alpha value is -0.610. The molecule has 1 rings (SSSR count). The first-order valence-corrected chi connectivity index (χ1v) is 3.79. The highest BCUT2D eigenvalue weighted by atomic mass is 16.6. The van der Waals surface area contributed by atoms with Crippen LogP contribution in [0.3, 0.4) is 0 Å². The van der Waals surface area contributed by atoms with E-state index in [1.807, 2.05) is 6.92 Å². The number of carbonyl (C=O) groups excluding carboxylic acids is 1. The largest absolute Gasteiger partial charge is 0.458 e. The average molecular weight is 159 g/mol. The lowest BCUT2D eigenvalue weighted by Gasteiger charge is -2.29. The topological polar surface area (TPSA) is 72.5 Å². The summed E-state index contributed by atoms with van der Waals surface area (Å²) in [4.78, 5) is 10.9. The second-order valence-corrected chi connectivity index (χ2v) is 2.79. The third-order valence-electron chi connectivity index (χ3n) is 1.90. The highest BCUT2D eigenvalue weighted by molar-refractivity contribution is 5.76. The van der Waals surface area contributed by atoms with Crippen molar-refractivity contribution in [3.8, 4) is 0 Å². The minimum atomic E-state index is -0.646. The van der Waals surface area contributed by atoms with Crippen molar-refractivity contribution < 1.29 is 14.6 Å². The van der Waals surface area contributed by atoms with Crippen molar-refractivity contribution in [1.29, 1.82) is 0 Å². The van der Waals surface area contributed by atoms with Gasteiger partial charge in [-0.2, -0.15) is 0 Å². The first-order valence-electron chi connectivity index (χ1n) is 3.79. The van der Waals surface area contributed by atoms with Gasteiger partial charge >= 0.3 is 5.97 Å². The highest BCUT2D eigenvalue weighted by Crippen LogP contribution is 2.16. The second-order valence-electron chi connectivity index (χ2n) is 2.79. The molecule has 0 saturated carbocycles. The van der Waals surface area contributed by atoms with Crippen molar-refractivity contribution in [1.82, 2.24) is 0 Å². The summed E-state index contributed by atoms with van der Waals surface area (Å²) in [7, 11) is 0. The zero-order valence-corrected chi connectivity index (χ0v) is 6.49. The Balaban J connectivity index is 2.54. The number of esters is 1. The van der Waals surface area contributed by atoms with E-state index in [0.717, 1.165) is 0 Å². The molecule has 3 atom stereocenters. The minimum Gasteiger partial charge on any atom is -0.458 e. The van der Waals surface area contributed by atoms with E-state index < -0.39 is 18.1 Å². The van der Waals surface area contributed by atoms with Gasteiger partial charge in [-0.3, -0.25) is 4.79 Å². The summed E-state index contributed by atoms with van der Waals surface area (Å²) in [5.74, 6) is -0.401. The van der Waals surface area contributed by atoms with Crippen LogP contribution in [0.4, 0.5) is 0 Å². The Labute approximate surface area is 65.3 Å². The molecule has 3 unspecified atom stereocenters. The molecule has 0 amide bonds. The van der Waals surface area contributed by atoms with Crippen LogP contribution in [-0.2, 0) is 9.53 Å². The number of hydrogen-bond donors (Lipinski definition) is 2. The maximum atomic E-state index is 10.9. The molecule has 1 aliphatic heterocycles. The number of ether oxygens (including phenoxy) is 1. The zero-order chi connectivity index (χ0) is 8.43. The van der Waals surface area contributed by atoms with E-state index in [9.17, 15) is 9.90 Å². The maximum absolute atomic E-state index is 10.9. The Kier molecular flexibility index (Phi) is 2.46. The van der Waals surface area contributed by atoms with Crippen LogP contribution in [0.5, 0.6) is 0 Å². The molecular formula is C7H13NO3. The SMILES string of the molecule is CCC1OC(=O)C(N)CC1O. The summed E-state index contributed by atoms with van der Waals surface area (Å²) in [6.45, 7) is 1.86. The molecule has 4 heteroatoms. The number of carbonyl (C=O) groups is 1. The third kappa shape index (κ3) is 1.70. The van der Waals surface area contributed by atoms with Gasteiger partial charge in [0, 0.05) is 6.42 Å². The molecule has 0 spiro atoms. The molecule has 0 aromatic heterocycles. The lowest BCUT2D eigenvalue weighted by Crippen LogP contribution is -2.48. The number of rotatable bonds is 1. The molecule has 3 N–H and O–H groups in total. The quantitative estimate of drug-likeness (QED) is 0.501. The van der Waals surface area contributed by atoms with E-state index in [1.54, 1.807) is 0 Å². The lowest BCUT2D eigenvalue weighted by atomic mass is 10.0. The van der Waals surface area contributed by atoms with Crippen molar-refractivity contribution in [3.63, 3.8) is 0 Å². The number of aliphatic hydroxyl groups is 1. The molecule has 1 heterocycles. The van der Waals surface area contributed by atoms with E-state index >= 15 is 0 Å². The van der Waals surface area contributed by atoms with Crippen LogP contribution >= 0.6 is 0 Å². The second kappa shape index (κ2) is 3.19. The maximum Gasteiger partial charge on any atom is 0.323 e. The van der Waals surface area contributed by atoms with E-state index in [4.69, 9.17) is 10.5 Å². The summed E-state index contributed by atoms with van der Waals surface area (Å²) in [6, 6.07) is -0.646. The minimum absolute atomic E-state index is 0.317. The van der Waals surface area contributed by atoms with Crippen molar-refractivity contribution >= 4 is 5.97 Å². The monoisotopic (exact) mass is 159 g/mol. The standard InChI is InChI=1S/C7H13NO3/c1-2-6-5(9)3-4(8)7(10)11-6/h4-6,9H,2-3,8H2,1H3. The molecule has 1 aliphatic rings. The number of hydrogen-bond acceptors (Lipinski definition) is 4. The fourth-order valence-corrected chi connectivity index (χ4v) is 1.18. The van der Waals surface area contributed by atoms with E-state index in [1.165, 1.54) is 0 Å². The Morgan fingerprint density at radius 3 is 3.00 bits per heavy atom. The molecule has 64 valence electrons. The van der Waals surface area contributed by atoms with Gasteiger partial charge in [-0.15, -0.1) is 0 Å². The summed E-state index contributed by atoms with van der Waals surface area (Å²) in [5.41, 5.74) is 5.35. The zero-order valence-electron chi connectivity index (χ0n) is 6.49. The van der Waals surface area contributed by atoms with Crippen LogP contribution in [0.25, 0.3) is 0 Å². The smallest absolute Gasteiger partial charge is 0.323 e. The van der Waals surface area contributed by atoms with Crippen molar-refractivity contribution in [2.24, 2.45) is 5.73 Å². The summed E-state index contributed by atoms with van der Waals surface area (Å²) >= 11 is 0. The van der Waals surface area contributed by atoms with E-state index in [-0.39, 0.29) is 6.10 Å². The fourth-order valence-electron chi connectivity index (χ4n) is 1.18. The van der Waals surface area contributed by atoms with Gasteiger partial charge in [0.15, 0.2) is 0 Å². The molecule has 0 aromatic carbocycles. The van der Waals surface area contributed by atoms with E-state index in [2.05, 4.69) is 0 Å². The van der Waals surface area contributed by atoms with Crippen molar-refractivity contribution in [3.05, 3.63) is 0 Å². The number of aliphatic hydroxyl groups excluding tert-OH is 1. The van der Waals surface area contributed by atoms with Crippen LogP contribution in [0.2, 0.25) is 0 Å². The Morgan fingerprint density at radius 1 is 1.82 bits per heavy atom. The van der Waals surface area contributed by atoms with Crippen LogP contribution in [0.1, 0.15) is 19.8 Å². The molecule has 4 nitrogen and oxygen atoms in total. The normalized spacial score (nSPS) is 38.5. The van der Waals surface area contributed by atoms with Gasteiger partial charge in [-0.25, -0.2) is 0 Å². The predicted molar refractivity (Wildman–Crippen MR) is 38.8 cm³/mol. The summed E-state index contributed by atoms with van der Waals surface area (Å²) in [6.07, 6.45) is 0.00625. The molecule has 0 aliphatic carbocycles. The molecule has 0 radical (unpaired) electrons. The highest BCUT2D eigenvalue weighted by Gasteiger charge is 2.33. The number of cyclic esters (lactones) is 1. The molecule has 0 aromatic rings. The fraction of sp³-hybridized carbons (Fsp3) is 0.857. The average Bonchev–Trinajstić information content (AvgIpc) is 1.97. The predicted octanol–water partition coefficient (Wildman–Crippen LogP) is -0.600. The van der Waals surface area contributed by atoms with E-state index in [0.29, 0.717) is 12.8 Å². The van der Waals surface area contributed by atoms with Crippen LogP contribution in [0.15, 0.2) is 0 Å². The van der Waals surface area contributed by atoms with Crippen LogP contribution in [0, 0.1) is 0 Å². The number of nitrogens with two attached hydrogens (primary N) is 1. The van der Waals surface area contributed by atoms with Gasteiger partial charge in [0.2, 0.25) is 0 Å². The third-order valence-corrected chi connectivity index (χ3v) is 1.90. The van der Waals surface area contributed by atoms with Gasteiger partial charge in [0.1, 0.15) is 12.1 Å². The van der Waals surface area contributed by atoms with Gasteiger partial charge in [0.05, 0.1) is 6.10 Å². The Morgan fingerprint density at radius 2 is 2.45 bits per heavy atom. The van der Waals surface area contributed by atoms with Gasteiger partial charge < -0.3 is 15.6 Å². The molecule has 1 fully saturated rings. The Bertz CT molecular complexity index is 160. The van der Waals surface area contributed by atoms with Crippen molar-refractivity contribution in [2.75, 3.05) is 0 Å². The van der Waals surface area contributed by atoms with Gasteiger partial charge in [-0.1, -0.05) is 6.92 Å². The van der Waals surface area contributed by atoms with Crippen LogP contribution < -0.4 is 5.73 Å². The summed E-state index contributed by atoms with van der Waals surface area (Å²) < 4.78 is 4.85. The summed E-state index contributed by atoms with van der Waals surface area (Å²) in [5, 5.41) is 9.30. The van der Waals surface area contributed by atoms with Crippen LogP contribution in [-0.4, -0.2) is 29.3 Å². The first-order chi connectivity index (χ1) is 5.15. The molecule has 1 saturated heterocycles. The lowest BCUT2D eigenvalue weighted by molar-refractivity contribution is -0.166. The molecule has 0 bridgehead atoms. The van der Waals surface area contributed by atoms with Gasteiger partial charge in [0.25, 0.3) is 0 Å². The molecular weight excluding hydrogens is 146 g/mol. The molecule has 11 heavy (non-hydrogen) atoms. The first kappa shape index (κ1) is 8.49. The van der Waals surface area contributed by atoms with Gasteiger partial charge in [-0.05, 0) is 6.42 Å².